The lowest BCUT2D eigenvalue weighted by Crippen LogP contribution is -2.33. The first kappa shape index (κ1) is 15.3. The number of nitrogens with zero attached hydrogens (tertiary/aromatic N) is 2. The molecule has 1 amide bonds. The number of halogens is 1. The Balaban J connectivity index is 2.57. The summed E-state index contributed by atoms with van der Waals surface area (Å²) in [6.45, 7) is 3.48. The summed E-state index contributed by atoms with van der Waals surface area (Å²) in [5, 5.41) is 11.8. The van der Waals surface area contributed by atoms with Crippen LogP contribution >= 0.6 is 11.6 Å². The summed E-state index contributed by atoms with van der Waals surface area (Å²) in [5.41, 5.74) is 6.74. The molecule has 0 saturated heterocycles. The van der Waals surface area contributed by atoms with E-state index in [9.17, 15) is 4.79 Å². The molecule has 0 spiro atoms. The molecule has 3 N–H and O–H groups in total. The molecule has 0 aliphatic carbocycles. The van der Waals surface area contributed by atoms with Crippen LogP contribution in [-0.4, -0.2) is 30.4 Å². The van der Waals surface area contributed by atoms with Gasteiger partial charge < -0.3 is 11.1 Å². The lowest BCUT2D eigenvalue weighted by molar-refractivity contribution is -0.117. The van der Waals surface area contributed by atoms with E-state index in [-0.39, 0.29) is 12.5 Å². The molecule has 0 fully saturated rings. The number of hydrogen-bond acceptors (Lipinski definition) is 4. The number of rotatable bonds is 6. The van der Waals surface area contributed by atoms with Gasteiger partial charge >= 0.3 is 0 Å². The molecule has 0 radical (unpaired) electrons. The Hall–Kier alpha value is -1.77. The zero-order valence-electron chi connectivity index (χ0n) is 10.8. The van der Waals surface area contributed by atoms with Crippen LogP contribution in [-0.2, 0) is 4.79 Å². The molecule has 0 aliphatic heterocycles. The highest BCUT2D eigenvalue weighted by molar-refractivity contribution is 6.31. The van der Waals surface area contributed by atoms with Crippen molar-refractivity contribution in [1.29, 1.82) is 5.26 Å². The van der Waals surface area contributed by atoms with E-state index in [1.54, 1.807) is 18.2 Å². The Morgan fingerprint density at radius 2 is 2.32 bits per heavy atom. The molecule has 6 heteroatoms. The highest BCUT2D eigenvalue weighted by Gasteiger charge is 2.10. The van der Waals surface area contributed by atoms with Crippen molar-refractivity contribution in [3.8, 4) is 6.07 Å². The predicted molar refractivity (Wildman–Crippen MR) is 76.8 cm³/mol. The second-order valence-corrected chi connectivity index (χ2v) is 4.49. The van der Waals surface area contributed by atoms with Crippen molar-refractivity contribution in [1.82, 2.24) is 4.90 Å². The van der Waals surface area contributed by atoms with E-state index in [2.05, 4.69) is 11.4 Å². The van der Waals surface area contributed by atoms with E-state index in [1.165, 1.54) is 0 Å². The quantitative estimate of drug-likeness (QED) is 0.782. The molecule has 0 unspecified atom stereocenters. The normalized spacial score (nSPS) is 10.2. The Labute approximate surface area is 117 Å². The van der Waals surface area contributed by atoms with Gasteiger partial charge in [-0.05, 0) is 24.7 Å². The smallest absolute Gasteiger partial charge is 0.238 e. The minimum absolute atomic E-state index is 0.159. The van der Waals surface area contributed by atoms with Crippen LogP contribution in [0, 0.1) is 11.3 Å². The first-order chi connectivity index (χ1) is 9.06. The fraction of sp³-hybridized carbons (Fsp3) is 0.385. The minimum Gasteiger partial charge on any atom is -0.397 e. The third-order valence-corrected chi connectivity index (χ3v) is 2.88. The predicted octanol–water partition coefficient (Wildman–Crippen LogP) is 2.10. The number of nitrogen functional groups attached to an aromatic ring is 1. The summed E-state index contributed by atoms with van der Waals surface area (Å²) in [7, 11) is 0. The van der Waals surface area contributed by atoms with E-state index >= 15 is 0 Å². The maximum Gasteiger partial charge on any atom is 0.238 e. The van der Waals surface area contributed by atoms with E-state index in [0.717, 1.165) is 0 Å². The summed E-state index contributed by atoms with van der Waals surface area (Å²) in [6.07, 6.45) is 0.407. The zero-order chi connectivity index (χ0) is 14.3. The summed E-state index contributed by atoms with van der Waals surface area (Å²) < 4.78 is 0. The van der Waals surface area contributed by atoms with Crippen molar-refractivity contribution in [3.63, 3.8) is 0 Å². The van der Waals surface area contributed by atoms with Crippen LogP contribution in [0.15, 0.2) is 18.2 Å². The molecule has 102 valence electrons. The summed E-state index contributed by atoms with van der Waals surface area (Å²) in [4.78, 5) is 13.8. The van der Waals surface area contributed by atoms with E-state index in [0.29, 0.717) is 35.9 Å². The highest BCUT2D eigenvalue weighted by Crippen LogP contribution is 2.22. The average Bonchev–Trinajstić information content (AvgIpc) is 2.38. The zero-order valence-corrected chi connectivity index (χ0v) is 11.6. The molecule has 0 bridgehead atoms. The van der Waals surface area contributed by atoms with Crippen LogP contribution in [0.1, 0.15) is 13.3 Å². The van der Waals surface area contributed by atoms with Crippen molar-refractivity contribution in [3.05, 3.63) is 23.2 Å². The van der Waals surface area contributed by atoms with Gasteiger partial charge in [-0.3, -0.25) is 9.69 Å². The molecule has 5 nitrogen and oxygen atoms in total. The molecule has 19 heavy (non-hydrogen) atoms. The number of nitrogens with two attached hydrogens (primary N) is 1. The van der Waals surface area contributed by atoms with Gasteiger partial charge in [0.15, 0.2) is 0 Å². The number of nitriles is 1. The second kappa shape index (κ2) is 7.62. The first-order valence-corrected chi connectivity index (χ1v) is 6.38. The molecule has 0 heterocycles. The maximum absolute atomic E-state index is 11.9. The molecule has 0 aliphatic rings. The van der Waals surface area contributed by atoms with Gasteiger partial charge in [-0.2, -0.15) is 5.26 Å². The van der Waals surface area contributed by atoms with Gasteiger partial charge in [0.1, 0.15) is 0 Å². The van der Waals surface area contributed by atoms with Gasteiger partial charge in [0, 0.05) is 18.0 Å². The largest absolute Gasteiger partial charge is 0.397 e. The van der Waals surface area contributed by atoms with Crippen LogP contribution in [0.2, 0.25) is 5.02 Å². The number of amides is 1. The number of anilines is 2. The van der Waals surface area contributed by atoms with E-state index in [4.69, 9.17) is 22.6 Å². The number of hydrogen-bond donors (Lipinski definition) is 2. The molecule has 1 rings (SSSR count). The standard InChI is InChI=1S/C13H17ClN4O/c1-2-18(7-3-6-15)9-13(19)17-12-5-4-10(14)8-11(12)16/h4-5,8H,2-3,7,9,16H2,1H3,(H,17,19). The van der Waals surface area contributed by atoms with Gasteiger partial charge in [-0.1, -0.05) is 18.5 Å². The molecular weight excluding hydrogens is 264 g/mol. The number of nitrogens with one attached hydrogen (secondary N) is 1. The van der Waals surface area contributed by atoms with Crippen LogP contribution in [0.25, 0.3) is 0 Å². The Morgan fingerprint density at radius 3 is 2.89 bits per heavy atom. The number of carbonyl (C=O) groups excluding carboxylic acids is 1. The van der Waals surface area contributed by atoms with E-state index < -0.39 is 0 Å². The van der Waals surface area contributed by atoms with Crippen molar-refractivity contribution >= 4 is 28.9 Å². The van der Waals surface area contributed by atoms with Crippen molar-refractivity contribution in [2.45, 2.75) is 13.3 Å². The highest BCUT2D eigenvalue weighted by atomic mass is 35.5. The molecule has 1 aromatic rings. The number of likely N-dealkylation sites (N-methyl/N-ethyl adjacent to an activating group) is 1. The van der Waals surface area contributed by atoms with Gasteiger partial charge in [-0.25, -0.2) is 0 Å². The topological polar surface area (TPSA) is 82.2 Å². The van der Waals surface area contributed by atoms with Crippen molar-refractivity contribution in [2.75, 3.05) is 30.7 Å². The van der Waals surface area contributed by atoms with Gasteiger partial charge in [0.25, 0.3) is 0 Å². The van der Waals surface area contributed by atoms with Gasteiger partial charge in [0.05, 0.1) is 24.0 Å². The maximum atomic E-state index is 11.9. The molecule has 0 saturated carbocycles. The minimum atomic E-state index is -0.159. The Bertz CT molecular complexity index is 484. The van der Waals surface area contributed by atoms with Crippen LogP contribution in [0.5, 0.6) is 0 Å². The molecule has 0 aromatic heterocycles. The third-order valence-electron chi connectivity index (χ3n) is 2.64. The monoisotopic (exact) mass is 280 g/mol. The molecule has 0 atom stereocenters. The van der Waals surface area contributed by atoms with Crippen LogP contribution < -0.4 is 11.1 Å². The summed E-state index contributed by atoms with van der Waals surface area (Å²) in [5.74, 6) is -0.159. The average molecular weight is 281 g/mol. The van der Waals surface area contributed by atoms with Crippen LogP contribution in [0.4, 0.5) is 11.4 Å². The second-order valence-electron chi connectivity index (χ2n) is 4.06. The van der Waals surface area contributed by atoms with Crippen molar-refractivity contribution in [2.24, 2.45) is 0 Å². The summed E-state index contributed by atoms with van der Waals surface area (Å²) >= 11 is 5.79. The van der Waals surface area contributed by atoms with E-state index in [1.807, 2.05) is 11.8 Å². The Morgan fingerprint density at radius 1 is 1.58 bits per heavy atom. The molecular formula is C13H17ClN4O. The SMILES string of the molecule is CCN(CCC#N)CC(=O)Nc1ccc(Cl)cc1N. The fourth-order valence-corrected chi connectivity index (χ4v) is 1.78. The lowest BCUT2D eigenvalue weighted by Gasteiger charge is -2.18. The first-order valence-electron chi connectivity index (χ1n) is 6.01. The fourth-order valence-electron chi connectivity index (χ4n) is 1.60. The third kappa shape index (κ3) is 5.16. The number of benzene rings is 1. The van der Waals surface area contributed by atoms with Crippen molar-refractivity contribution < 1.29 is 4.79 Å². The van der Waals surface area contributed by atoms with Gasteiger partial charge in [0.2, 0.25) is 5.91 Å². The Kier molecular flexibility index (Phi) is 6.13. The number of carbonyl (C=O) groups is 1. The summed E-state index contributed by atoms with van der Waals surface area (Å²) in [6, 6.07) is 6.99. The van der Waals surface area contributed by atoms with Gasteiger partial charge in [-0.15, -0.1) is 0 Å². The lowest BCUT2D eigenvalue weighted by atomic mass is 10.2. The van der Waals surface area contributed by atoms with Crippen LogP contribution in [0.3, 0.4) is 0 Å². The molecule has 1 aromatic carbocycles.